The average Bonchev–Trinajstić information content (AvgIpc) is 2.59. The van der Waals surface area contributed by atoms with Gasteiger partial charge >= 0.3 is 5.97 Å². The Hall–Kier alpha value is -3.08. The summed E-state index contributed by atoms with van der Waals surface area (Å²) in [6.45, 7) is 0. The maximum absolute atomic E-state index is 12.3. The molecular formula is C19H18O5. The molecule has 2 aromatic carbocycles. The number of benzene rings is 2. The molecule has 0 aromatic heterocycles. The van der Waals surface area contributed by atoms with Gasteiger partial charge in [-0.1, -0.05) is 18.2 Å². The van der Waals surface area contributed by atoms with E-state index in [4.69, 9.17) is 14.6 Å². The van der Waals surface area contributed by atoms with E-state index in [0.29, 0.717) is 22.6 Å². The van der Waals surface area contributed by atoms with Crippen molar-refractivity contribution in [2.75, 3.05) is 14.2 Å². The van der Waals surface area contributed by atoms with Crippen LogP contribution in [0.5, 0.6) is 11.5 Å². The summed E-state index contributed by atoms with van der Waals surface area (Å²) < 4.78 is 10.3. The number of carbonyl (C=O) groups excluding carboxylic acids is 1. The van der Waals surface area contributed by atoms with E-state index in [9.17, 15) is 9.59 Å². The van der Waals surface area contributed by atoms with Gasteiger partial charge in [-0.2, -0.15) is 0 Å². The monoisotopic (exact) mass is 326 g/mol. The minimum atomic E-state index is -0.982. The lowest BCUT2D eigenvalue weighted by Gasteiger charge is -2.08. The van der Waals surface area contributed by atoms with Crippen LogP contribution in [-0.4, -0.2) is 31.1 Å². The predicted molar refractivity (Wildman–Crippen MR) is 90.7 cm³/mol. The number of rotatable bonds is 7. The van der Waals surface area contributed by atoms with Crippen LogP contribution >= 0.6 is 0 Å². The third kappa shape index (κ3) is 4.46. The molecule has 2 rings (SSSR count). The zero-order valence-electron chi connectivity index (χ0n) is 13.5. The molecule has 0 spiro atoms. The van der Waals surface area contributed by atoms with Crippen LogP contribution in [0.3, 0.4) is 0 Å². The third-order valence-corrected chi connectivity index (χ3v) is 3.43. The number of carboxylic acid groups (broad SMARTS) is 1. The largest absolute Gasteiger partial charge is 0.497 e. The van der Waals surface area contributed by atoms with Crippen molar-refractivity contribution in [1.29, 1.82) is 0 Å². The molecular weight excluding hydrogens is 308 g/mol. The second kappa shape index (κ2) is 7.97. The summed E-state index contributed by atoms with van der Waals surface area (Å²) >= 11 is 0. The van der Waals surface area contributed by atoms with Crippen molar-refractivity contribution in [3.05, 3.63) is 65.2 Å². The van der Waals surface area contributed by atoms with Crippen LogP contribution in [0.15, 0.2) is 48.5 Å². The summed E-state index contributed by atoms with van der Waals surface area (Å²) in [4.78, 5) is 23.2. The molecule has 1 N–H and O–H groups in total. The smallest absolute Gasteiger partial charge is 0.307 e. The van der Waals surface area contributed by atoms with Crippen LogP contribution in [0.1, 0.15) is 21.5 Å². The zero-order chi connectivity index (χ0) is 17.5. The van der Waals surface area contributed by atoms with E-state index in [1.807, 2.05) is 24.3 Å². The van der Waals surface area contributed by atoms with E-state index < -0.39 is 5.97 Å². The first-order valence-electron chi connectivity index (χ1n) is 7.28. The van der Waals surface area contributed by atoms with Crippen LogP contribution in [0.25, 0.3) is 6.08 Å². The molecule has 124 valence electrons. The molecule has 0 saturated heterocycles. The van der Waals surface area contributed by atoms with E-state index in [1.165, 1.54) is 13.2 Å². The predicted octanol–water partition coefficient (Wildman–Crippen LogP) is 3.23. The lowest BCUT2D eigenvalue weighted by Crippen LogP contribution is -2.04. The molecule has 0 radical (unpaired) electrons. The van der Waals surface area contributed by atoms with Crippen LogP contribution in [-0.2, 0) is 11.2 Å². The minimum absolute atomic E-state index is 0.204. The van der Waals surface area contributed by atoms with Crippen molar-refractivity contribution in [2.45, 2.75) is 6.42 Å². The molecule has 24 heavy (non-hydrogen) atoms. The molecule has 0 aliphatic rings. The maximum Gasteiger partial charge on any atom is 0.307 e. The number of hydrogen-bond donors (Lipinski definition) is 1. The van der Waals surface area contributed by atoms with Crippen LogP contribution in [0.2, 0.25) is 0 Å². The fourth-order valence-electron chi connectivity index (χ4n) is 2.25. The second-order valence-electron chi connectivity index (χ2n) is 5.07. The van der Waals surface area contributed by atoms with Gasteiger partial charge in [0, 0.05) is 11.1 Å². The number of ketones is 1. The van der Waals surface area contributed by atoms with Gasteiger partial charge in [0.1, 0.15) is 11.5 Å². The lowest BCUT2D eigenvalue weighted by molar-refractivity contribution is -0.136. The van der Waals surface area contributed by atoms with Gasteiger partial charge in [-0.3, -0.25) is 9.59 Å². The second-order valence-corrected chi connectivity index (χ2v) is 5.07. The Bertz CT molecular complexity index is 777. The summed E-state index contributed by atoms with van der Waals surface area (Å²) in [6.07, 6.45) is 2.93. The molecule has 0 aliphatic carbocycles. The molecule has 0 unspecified atom stereocenters. The molecule has 0 heterocycles. The molecule has 5 nitrogen and oxygen atoms in total. The Morgan fingerprint density at radius 1 is 1.08 bits per heavy atom. The van der Waals surface area contributed by atoms with Crippen molar-refractivity contribution < 1.29 is 24.2 Å². The molecule has 0 aliphatic heterocycles. The quantitative estimate of drug-likeness (QED) is 0.625. The number of hydrogen-bond acceptors (Lipinski definition) is 4. The highest BCUT2D eigenvalue weighted by Gasteiger charge is 2.11. The Kier molecular flexibility index (Phi) is 5.73. The van der Waals surface area contributed by atoms with Gasteiger partial charge in [0.2, 0.25) is 0 Å². The minimum Gasteiger partial charge on any atom is -0.497 e. The standard InChI is InChI=1S/C19H18O5/c1-23-16-5-3-4-13(10-16)6-8-17(20)14-7-9-18(24-2)15(11-14)12-19(21)22/h3-11H,12H2,1-2H3,(H,21,22)/b8-6+. The van der Waals surface area contributed by atoms with E-state index in [2.05, 4.69) is 0 Å². The molecule has 2 aromatic rings. The first kappa shape index (κ1) is 17.3. The number of methoxy groups -OCH3 is 2. The molecule has 0 bridgehead atoms. The number of allylic oxidation sites excluding steroid dienone is 1. The molecule has 0 fully saturated rings. The first-order valence-corrected chi connectivity index (χ1v) is 7.28. The van der Waals surface area contributed by atoms with Crippen LogP contribution in [0, 0.1) is 0 Å². The first-order chi connectivity index (χ1) is 11.5. The van der Waals surface area contributed by atoms with Gasteiger partial charge < -0.3 is 14.6 Å². The highest BCUT2D eigenvalue weighted by atomic mass is 16.5. The Morgan fingerprint density at radius 2 is 1.88 bits per heavy atom. The molecule has 0 amide bonds. The normalized spacial score (nSPS) is 10.6. The average molecular weight is 326 g/mol. The highest BCUT2D eigenvalue weighted by Crippen LogP contribution is 2.21. The van der Waals surface area contributed by atoms with Crippen LogP contribution in [0.4, 0.5) is 0 Å². The van der Waals surface area contributed by atoms with Crippen LogP contribution < -0.4 is 9.47 Å². The van der Waals surface area contributed by atoms with Crippen molar-refractivity contribution in [2.24, 2.45) is 0 Å². The van der Waals surface area contributed by atoms with Crippen molar-refractivity contribution in [3.8, 4) is 11.5 Å². The fourth-order valence-corrected chi connectivity index (χ4v) is 2.25. The van der Waals surface area contributed by atoms with Gasteiger partial charge in [-0.25, -0.2) is 0 Å². The summed E-state index contributed by atoms with van der Waals surface area (Å²) in [7, 11) is 3.04. The topological polar surface area (TPSA) is 72.8 Å². The van der Waals surface area contributed by atoms with E-state index in [1.54, 1.807) is 31.4 Å². The molecule has 0 saturated carbocycles. The summed E-state index contributed by atoms with van der Waals surface area (Å²) in [6, 6.07) is 12.1. The van der Waals surface area contributed by atoms with Crippen molar-refractivity contribution >= 4 is 17.8 Å². The van der Waals surface area contributed by atoms with Gasteiger partial charge in [0.15, 0.2) is 5.78 Å². The molecule has 5 heteroatoms. The van der Waals surface area contributed by atoms with Crippen molar-refractivity contribution in [1.82, 2.24) is 0 Å². The maximum atomic E-state index is 12.3. The van der Waals surface area contributed by atoms with Gasteiger partial charge in [-0.15, -0.1) is 0 Å². The number of aliphatic carboxylic acids is 1. The number of ether oxygens (including phenoxy) is 2. The zero-order valence-corrected chi connectivity index (χ0v) is 13.5. The summed E-state index contributed by atoms with van der Waals surface area (Å²) in [5.74, 6) is -0.0413. The van der Waals surface area contributed by atoms with Gasteiger partial charge in [0.05, 0.1) is 20.6 Å². The Balaban J connectivity index is 2.22. The van der Waals surface area contributed by atoms with Crippen molar-refractivity contribution in [3.63, 3.8) is 0 Å². The highest BCUT2D eigenvalue weighted by molar-refractivity contribution is 6.07. The number of carboxylic acids is 1. The fraction of sp³-hybridized carbons (Fsp3) is 0.158. The van der Waals surface area contributed by atoms with E-state index in [0.717, 1.165) is 5.56 Å². The lowest BCUT2D eigenvalue weighted by atomic mass is 10.0. The third-order valence-electron chi connectivity index (χ3n) is 3.43. The SMILES string of the molecule is COc1cccc(/C=C/C(=O)c2ccc(OC)c(CC(=O)O)c2)c1. The van der Waals surface area contributed by atoms with Gasteiger partial charge in [-0.05, 0) is 42.0 Å². The van der Waals surface area contributed by atoms with E-state index >= 15 is 0 Å². The Labute approximate surface area is 140 Å². The van der Waals surface area contributed by atoms with Gasteiger partial charge in [0.25, 0.3) is 0 Å². The summed E-state index contributed by atoms with van der Waals surface area (Å²) in [5, 5.41) is 8.95. The number of carbonyl (C=O) groups is 2. The summed E-state index contributed by atoms with van der Waals surface area (Å²) in [5.41, 5.74) is 1.71. The van der Waals surface area contributed by atoms with E-state index in [-0.39, 0.29) is 12.2 Å². The molecule has 0 atom stereocenters. The Morgan fingerprint density at radius 3 is 2.54 bits per heavy atom.